The molecule has 1 heterocycles. The van der Waals surface area contributed by atoms with Crippen LogP contribution in [0.1, 0.15) is 12.8 Å². The van der Waals surface area contributed by atoms with Crippen LogP contribution in [0.3, 0.4) is 0 Å². The van der Waals surface area contributed by atoms with Gasteiger partial charge >= 0.3 is 0 Å². The van der Waals surface area contributed by atoms with E-state index in [0.29, 0.717) is 23.8 Å². The van der Waals surface area contributed by atoms with Gasteiger partial charge in [-0.05, 0) is 23.6 Å². The zero-order chi connectivity index (χ0) is 13.9. The van der Waals surface area contributed by atoms with Crippen molar-refractivity contribution in [3.05, 3.63) is 59.1 Å². The topological polar surface area (TPSA) is 46.5 Å². The lowest BCUT2D eigenvalue weighted by Crippen LogP contribution is -2.25. The van der Waals surface area contributed by atoms with Gasteiger partial charge in [-0.2, -0.15) is 0 Å². The van der Waals surface area contributed by atoms with Gasteiger partial charge < -0.3 is 4.79 Å². The second-order valence-electron chi connectivity index (χ2n) is 4.67. The van der Waals surface area contributed by atoms with Crippen molar-refractivity contribution in [2.24, 2.45) is 4.99 Å². The third-order valence-electron chi connectivity index (χ3n) is 3.42. The number of hydrogen-bond acceptors (Lipinski definition) is 2. The molecular weight excluding hydrogens is 250 g/mol. The Hall–Kier alpha value is -2.55. The number of nitrogens with zero attached hydrogens (tertiary/aromatic N) is 1. The molecule has 1 aliphatic rings. The van der Waals surface area contributed by atoms with Gasteiger partial charge in [0.2, 0.25) is 0 Å². The summed E-state index contributed by atoms with van der Waals surface area (Å²) in [7, 11) is 0. The average molecular weight is 263 g/mol. The Balaban J connectivity index is 2.28. The average Bonchev–Trinajstić information content (AvgIpc) is 2.81. The molecule has 0 radical (unpaired) electrons. The molecule has 0 fully saturated rings. The lowest BCUT2D eigenvalue weighted by Gasteiger charge is -2.03. The van der Waals surface area contributed by atoms with E-state index in [-0.39, 0.29) is 5.91 Å². The van der Waals surface area contributed by atoms with Gasteiger partial charge in [0, 0.05) is 17.2 Å². The molecule has 0 spiro atoms. The highest BCUT2D eigenvalue weighted by Crippen LogP contribution is 2.17. The second kappa shape index (κ2) is 5.21. The molecule has 2 aromatic rings. The van der Waals surface area contributed by atoms with E-state index in [1.807, 2.05) is 48.5 Å². The van der Waals surface area contributed by atoms with Crippen molar-refractivity contribution >= 4 is 17.8 Å². The maximum absolute atomic E-state index is 12.0. The first-order chi connectivity index (χ1) is 9.81. The van der Waals surface area contributed by atoms with E-state index in [2.05, 4.69) is 4.99 Å². The van der Waals surface area contributed by atoms with Gasteiger partial charge in [-0.1, -0.05) is 42.5 Å². The highest BCUT2D eigenvalue weighted by atomic mass is 16.1. The quantitative estimate of drug-likeness (QED) is 0.787. The molecule has 98 valence electrons. The number of aldehydes is 1. The van der Waals surface area contributed by atoms with Crippen LogP contribution < -0.4 is 10.6 Å². The maximum Gasteiger partial charge on any atom is 0.274 e. The van der Waals surface area contributed by atoms with Gasteiger partial charge in [-0.3, -0.25) is 4.79 Å². The summed E-state index contributed by atoms with van der Waals surface area (Å²) in [4.78, 5) is 26.7. The molecule has 3 nitrogen and oxygen atoms in total. The Morgan fingerprint density at radius 1 is 1.00 bits per heavy atom. The first-order valence-corrected chi connectivity index (χ1v) is 6.55. The van der Waals surface area contributed by atoms with Crippen LogP contribution in [-0.2, 0) is 9.59 Å². The molecule has 1 amide bonds. The van der Waals surface area contributed by atoms with Gasteiger partial charge in [0.25, 0.3) is 5.91 Å². The summed E-state index contributed by atoms with van der Waals surface area (Å²) in [5.41, 5.74) is 2.70. The largest absolute Gasteiger partial charge is 0.303 e. The van der Waals surface area contributed by atoms with E-state index >= 15 is 0 Å². The highest BCUT2D eigenvalue weighted by Gasteiger charge is 2.18. The van der Waals surface area contributed by atoms with E-state index in [9.17, 15) is 9.59 Å². The summed E-state index contributed by atoms with van der Waals surface area (Å²) in [5.74, 6) is -0.217. The summed E-state index contributed by atoms with van der Waals surface area (Å²) in [6.07, 6.45) is 1.63. The monoisotopic (exact) mass is 263 g/mol. The maximum atomic E-state index is 12.0. The SMILES string of the molecule is O=CCCC1=c2c(-c3ccccc3)cccc2=NC1=O. The number of carbonyl (C=O) groups excluding carboxylic acids is 2. The van der Waals surface area contributed by atoms with Gasteiger partial charge in [-0.25, -0.2) is 4.99 Å². The van der Waals surface area contributed by atoms with Crippen molar-refractivity contribution < 1.29 is 9.59 Å². The van der Waals surface area contributed by atoms with Gasteiger partial charge in [0.05, 0.1) is 5.36 Å². The number of hydrogen-bond donors (Lipinski definition) is 0. The van der Waals surface area contributed by atoms with Crippen LogP contribution in [0, 0.1) is 0 Å². The Morgan fingerprint density at radius 3 is 2.55 bits per heavy atom. The molecule has 1 aliphatic heterocycles. The normalized spacial score (nSPS) is 13.0. The Kier molecular flexibility index (Phi) is 3.25. The van der Waals surface area contributed by atoms with E-state index in [4.69, 9.17) is 0 Å². The van der Waals surface area contributed by atoms with Crippen molar-refractivity contribution in [1.82, 2.24) is 0 Å². The Bertz CT molecular complexity index is 791. The molecule has 0 N–H and O–H groups in total. The molecule has 0 saturated heterocycles. The van der Waals surface area contributed by atoms with Crippen molar-refractivity contribution in [3.8, 4) is 11.1 Å². The summed E-state index contributed by atoms with van der Waals surface area (Å²) >= 11 is 0. The number of rotatable bonds is 4. The zero-order valence-electron chi connectivity index (χ0n) is 10.9. The lowest BCUT2D eigenvalue weighted by atomic mass is 9.99. The third-order valence-corrected chi connectivity index (χ3v) is 3.42. The summed E-state index contributed by atoms with van der Waals surface area (Å²) in [6, 6.07) is 15.6. The molecule has 2 aromatic carbocycles. The standard InChI is InChI=1S/C17H13NO2/c19-11-5-9-14-16-13(12-6-2-1-3-7-12)8-4-10-15(16)18-17(14)20/h1-4,6-8,10-11H,5,9H2. The van der Waals surface area contributed by atoms with Gasteiger partial charge in [-0.15, -0.1) is 0 Å². The van der Waals surface area contributed by atoms with E-state index in [0.717, 1.165) is 22.6 Å². The van der Waals surface area contributed by atoms with Crippen LogP contribution in [0.25, 0.3) is 16.7 Å². The van der Waals surface area contributed by atoms with E-state index in [1.165, 1.54) is 0 Å². The minimum Gasteiger partial charge on any atom is -0.303 e. The third kappa shape index (κ3) is 2.07. The van der Waals surface area contributed by atoms with Crippen LogP contribution in [0.2, 0.25) is 0 Å². The predicted molar refractivity (Wildman–Crippen MR) is 76.4 cm³/mol. The summed E-state index contributed by atoms with van der Waals surface area (Å²) in [5, 5.41) is 1.59. The summed E-state index contributed by atoms with van der Waals surface area (Å²) < 4.78 is 0. The molecular formula is C17H13NO2. The van der Waals surface area contributed by atoms with E-state index in [1.54, 1.807) is 0 Å². The number of amides is 1. The van der Waals surface area contributed by atoms with Crippen LogP contribution >= 0.6 is 0 Å². The van der Waals surface area contributed by atoms with Gasteiger partial charge in [0.1, 0.15) is 6.29 Å². The van der Waals surface area contributed by atoms with Crippen molar-refractivity contribution in [2.45, 2.75) is 12.8 Å². The number of benzene rings is 2. The highest BCUT2D eigenvalue weighted by molar-refractivity contribution is 6.16. The van der Waals surface area contributed by atoms with Gasteiger partial charge in [0.15, 0.2) is 0 Å². The fraction of sp³-hybridized carbons (Fsp3) is 0.118. The fourth-order valence-corrected chi connectivity index (χ4v) is 2.53. The minimum absolute atomic E-state index is 0.217. The molecule has 0 bridgehead atoms. The molecule has 3 heteroatoms. The van der Waals surface area contributed by atoms with E-state index < -0.39 is 0 Å². The molecule has 20 heavy (non-hydrogen) atoms. The van der Waals surface area contributed by atoms with Crippen LogP contribution in [0.5, 0.6) is 0 Å². The number of fused-ring (bicyclic) bond motifs is 1. The zero-order valence-corrected chi connectivity index (χ0v) is 10.9. The van der Waals surface area contributed by atoms with Crippen LogP contribution in [0.4, 0.5) is 0 Å². The summed E-state index contributed by atoms with van der Waals surface area (Å²) in [6.45, 7) is 0. The molecule has 0 aliphatic carbocycles. The Labute approximate surface area is 116 Å². The molecule has 0 saturated carbocycles. The minimum atomic E-state index is -0.217. The van der Waals surface area contributed by atoms with Crippen molar-refractivity contribution in [2.75, 3.05) is 0 Å². The predicted octanol–water partition coefficient (Wildman–Crippen LogP) is 1.64. The Morgan fingerprint density at radius 2 is 1.80 bits per heavy atom. The van der Waals surface area contributed by atoms with Crippen LogP contribution in [0.15, 0.2) is 53.5 Å². The second-order valence-corrected chi connectivity index (χ2v) is 4.67. The first-order valence-electron chi connectivity index (χ1n) is 6.55. The molecule has 0 aromatic heterocycles. The molecule has 3 rings (SSSR count). The van der Waals surface area contributed by atoms with Crippen LogP contribution in [-0.4, -0.2) is 12.2 Å². The smallest absolute Gasteiger partial charge is 0.274 e. The molecule has 0 unspecified atom stereocenters. The van der Waals surface area contributed by atoms with Crippen molar-refractivity contribution in [1.29, 1.82) is 0 Å². The van der Waals surface area contributed by atoms with Crippen molar-refractivity contribution in [3.63, 3.8) is 0 Å². The fourth-order valence-electron chi connectivity index (χ4n) is 2.53. The first kappa shape index (κ1) is 12.5. The molecule has 0 atom stereocenters. The lowest BCUT2D eigenvalue weighted by molar-refractivity contribution is -0.112. The number of carbonyl (C=O) groups is 2.